The third kappa shape index (κ3) is 3.56. The molecule has 1 aromatic heterocycles. The van der Waals surface area contributed by atoms with E-state index < -0.39 is 17.8 Å². The molecule has 1 heterocycles. The first-order valence-electron chi connectivity index (χ1n) is 6.31. The maximum absolute atomic E-state index is 12.3. The number of carboxylic acids is 1. The highest BCUT2D eigenvalue weighted by molar-refractivity contribution is 7.12. The Balaban J connectivity index is 2.79. The predicted octanol–water partition coefficient (Wildman–Crippen LogP) is 2.93. The third-order valence-electron chi connectivity index (χ3n) is 3.63. The van der Waals surface area contributed by atoms with Crippen molar-refractivity contribution < 1.29 is 14.7 Å². The number of nitrogens with zero attached hydrogens (tertiary/aromatic N) is 1. The van der Waals surface area contributed by atoms with Gasteiger partial charge in [0, 0.05) is 22.7 Å². The number of carboxylic acid groups (broad SMARTS) is 1. The van der Waals surface area contributed by atoms with Gasteiger partial charge in [0.1, 0.15) is 0 Å². The van der Waals surface area contributed by atoms with Crippen molar-refractivity contribution in [3.8, 4) is 0 Å². The molecule has 0 aliphatic rings. The van der Waals surface area contributed by atoms with Gasteiger partial charge < -0.3 is 10.0 Å². The van der Waals surface area contributed by atoms with Crippen LogP contribution in [0.5, 0.6) is 0 Å². The van der Waals surface area contributed by atoms with Gasteiger partial charge in [0.2, 0.25) is 5.91 Å². The summed E-state index contributed by atoms with van der Waals surface area (Å²) in [6, 6.07) is 4.01. The molecular weight excluding hydrogens is 262 g/mol. The van der Waals surface area contributed by atoms with Crippen molar-refractivity contribution in [1.82, 2.24) is 4.90 Å². The van der Waals surface area contributed by atoms with Gasteiger partial charge in [-0.05, 0) is 26.0 Å². The summed E-state index contributed by atoms with van der Waals surface area (Å²) in [5.41, 5.74) is 0. The lowest BCUT2D eigenvalue weighted by Gasteiger charge is -2.28. The Labute approximate surface area is 118 Å². The minimum atomic E-state index is -0.936. The molecule has 0 aromatic carbocycles. The van der Waals surface area contributed by atoms with E-state index in [0.29, 0.717) is 0 Å². The fourth-order valence-corrected chi connectivity index (χ4v) is 2.78. The molecule has 1 rings (SSSR count). The molecule has 0 saturated carbocycles. The molecule has 19 heavy (non-hydrogen) atoms. The lowest BCUT2D eigenvalue weighted by Crippen LogP contribution is -2.37. The number of hydrogen-bond acceptors (Lipinski definition) is 3. The van der Waals surface area contributed by atoms with Crippen LogP contribution >= 0.6 is 11.3 Å². The molecule has 1 aromatic rings. The highest BCUT2D eigenvalue weighted by Gasteiger charge is 2.30. The molecule has 1 amide bonds. The summed E-state index contributed by atoms with van der Waals surface area (Å²) >= 11 is 1.66. The molecule has 3 unspecified atom stereocenters. The number of rotatable bonds is 5. The van der Waals surface area contributed by atoms with E-state index in [1.807, 2.05) is 26.0 Å². The second kappa shape index (κ2) is 6.19. The molecule has 4 nitrogen and oxygen atoms in total. The quantitative estimate of drug-likeness (QED) is 0.904. The first kappa shape index (κ1) is 15.7. The van der Waals surface area contributed by atoms with Crippen LogP contribution in [0.15, 0.2) is 12.1 Å². The van der Waals surface area contributed by atoms with Crippen LogP contribution in [0.4, 0.5) is 0 Å². The molecule has 0 aliphatic heterocycles. The van der Waals surface area contributed by atoms with Gasteiger partial charge in [0.25, 0.3) is 0 Å². The van der Waals surface area contributed by atoms with Crippen molar-refractivity contribution >= 4 is 23.2 Å². The molecule has 5 heteroatoms. The zero-order valence-corrected chi connectivity index (χ0v) is 12.8. The lowest BCUT2D eigenvalue weighted by atomic mass is 9.94. The van der Waals surface area contributed by atoms with Crippen LogP contribution in [0.25, 0.3) is 0 Å². The number of aliphatic carboxylic acids is 1. The van der Waals surface area contributed by atoms with E-state index in [-0.39, 0.29) is 11.9 Å². The topological polar surface area (TPSA) is 57.6 Å². The summed E-state index contributed by atoms with van der Waals surface area (Å²) < 4.78 is 0. The van der Waals surface area contributed by atoms with Gasteiger partial charge >= 0.3 is 5.97 Å². The van der Waals surface area contributed by atoms with Crippen molar-refractivity contribution in [2.24, 2.45) is 11.8 Å². The van der Waals surface area contributed by atoms with E-state index >= 15 is 0 Å². The molecule has 3 atom stereocenters. The SMILES string of the molecule is Cc1ccc(C(C)N(C)C(=O)C(C)C(C)C(=O)O)s1. The van der Waals surface area contributed by atoms with Gasteiger partial charge in [-0.3, -0.25) is 9.59 Å². The van der Waals surface area contributed by atoms with E-state index in [2.05, 4.69) is 0 Å². The smallest absolute Gasteiger partial charge is 0.307 e. The van der Waals surface area contributed by atoms with E-state index in [1.165, 1.54) is 4.88 Å². The van der Waals surface area contributed by atoms with Crippen LogP contribution in [0.1, 0.15) is 36.6 Å². The van der Waals surface area contributed by atoms with Gasteiger partial charge in [-0.1, -0.05) is 13.8 Å². The van der Waals surface area contributed by atoms with Crippen LogP contribution in [0, 0.1) is 18.8 Å². The summed E-state index contributed by atoms with van der Waals surface area (Å²) in [6.07, 6.45) is 0. The number of hydrogen-bond donors (Lipinski definition) is 1. The Morgan fingerprint density at radius 1 is 1.21 bits per heavy atom. The Bertz CT molecular complexity index is 469. The molecule has 0 aliphatic carbocycles. The van der Waals surface area contributed by atoms with Gasteiger partial charge in [-0.2, -0.15) is 0 Å². The molecule has 0 spiro atoms. The maximum Gasteiger partial charge on any atom is 0.307 e. The lowest BCUT2D eigenvalue weighted by molar-refractivity contribution is -0.149. The zero-order valence-electron chi connectivity index (χ0n) is 12.0. The number of aryl methyl sites for hydroxylation is 1. The summed E-state index contributed by atoms with van der Waals surface area (Å²) in [5, 5.41) is 8.97. The summed E-state index contributed by atoms with van der Waals surface area (Å²) in [5.74, 6) is -2.26. The van der Waals surface area contributed by atoms with Crippen LogP contribution in [-0.2, 0) is 9.59 Å². The monoisotopic (exact) mass is 283 g/mol. The van der Waals surface area contributed by atoms with Gasteiger partial charge in [0.05, 0.1) is 12.0 Å². The average Bonchev–Trinajstić information content (AvgIpc) is 2.80. The van der Waals surface area contributed by atoms with Crippen LogP contribution < -0.4 is 0 Å². The highest BCUT2D eigenvalue weighted by atomic mass is 32.1. The van der Waals surface area contributed by atoms with Gasteiger partial charge in [-0.25, -0.2) is 0 Å². The van der Waals surface area contributed by atoms with Gasteiger partial charge in [-0.15, -0.1) is 11.3 Å². The Morgan fingerprint density at radius 3 is 2.21 bits per heavy atom. The third-order valence-corrected chi connectivity index (χ3v) is 4.80. The number of carbonyl (C=O) groups excluding carboxylic acids is 1. The Hall–Kier alpha value is -1.36. The van der Waals surface area contributed by atoms with E-state index in [1.54, 1.807) is 37.1 Å². The van der Waals surface area contributed by atoms with Crippen LogP contribution in [-0.4, -0.2) is 28.9 Å². The number of carbonyl (C=O) groups is 2. The molecule has 1 N–H and O–H groups in total. The van der Waals surface area contributed by atoms with Crippen molar-refractivity contribution in [2.75, 3.05) is 7.05 Å². The molecule has 0 radical (unpaired) electrons. The van der Waals surface area contributed by atoms with Crippen LogP contribution in [0.2, 0.25) is 0 Å². The molecule has 106 valence electrons. The first-order valence-corrected chi connectivity index (χ1v) is 7.13. The second-order valence-corrected chi connectivity index (χ2v) is 6.31. The Kier molecular flexibility index (Phi) is 5.11. The fourth-order valence-electron chi connectivity index (χ4n) is 1.81. The maximum atomic E-state index is 12.3. The number of amides is 1. The van der Waals surface area contributed by atoms with Crippen molar-refractivity contribution in [3.63, 3.8) is 0 Å². The first-order chi connectivity index (χ1) is 8.75. The molecule has 0 fully saturated rings. The molecular formula is C14H21NO3S. The molecule has 0 bridgehead atoms. The standard InChI is InChI=1S/C14H21NO3S/c1-8-6-7-12(19-8)11(4)15(5)13(16)9(2)10(3)14(17)18/h6-7,9-11H,1-5H3,(H,17,18). The predicted molar refractivity (Wildman–Crippen MR) is 76.2 cm³/mol. The zero-order chi connectivity index (χ0) is 14.7. The minimum Gasteiger partial charge on any atom is -0.481 e. The van der Waals surface area contributed by atoms with Crippen LogP contribution in [0.3, 0.4) is 0 Å². The van der Waals surface area contributed by atoms with E-state index in [0.717, 1.165) is 4.88 Å². The van der Waals surface area contributed by atoms with E-state index in [9.17, 15) is 9.59 Å². The van der Waals surface area contributed by atoms with Gasteiger partial charge in [0.15, 0.2) is 0 Å². The molecule has 0 saturated heterocycles. The average molecular weight is 283 g/mol. The van der Waals surface area contributed by atoms with Crippen molar-refractivity contribution in [2.45, 2.75) is 33.7 Å². The largest absolute Gasteiger partial charge is 0.481 e. The van der Waals surface area contributed by atoms with Crippen molar-refractivity contribution in [3.05, 3.63) is 21.9 Å². The summed E-state index contributed by atoms with van der Waals surface area (Å²) in [6.45, 7) is 7.22. The highest BCUT2D eigenvalue weighted by Crippen LogP contribution is 2.28. The minimum absolute atomic E-state index is 0.0327. The second-order valence-electron chi connectivity index (χ2n) is 4.99. The summed E-state index contributed by atoms with van der Waals surface area (Å²) in [7, 11) is 1.73. The van der Waals surface area contributed by atoms with E-state index in [4.69, 9.17) is 5.11 Å². The number of thiophene rings is 1. The normalized spacial score (nSPS) is 15.6. The summed E-state index contributed by atoms with van der Waals surface area (Å²) in [4.78, 5) is 27.2. The Morgan fingerprint density at radius 2 is 1.79 bits per heavy atom. The van der Waals surface area contributed by atoms with Crippen molar-refractivity contribution in [1.29, 1.82) is 0 Å². The fraction of sp³-hybridized carbons (Fsp3) is 0.571.